The second-order valence-electron chi connectivity index (χ2n) is 11.6. The molecule has 4 aromatic rings. The monoisotopic (exact) mass is 528 g/mol. The average molecular weight is 529 g/mol. The van der Waals surface area contributed by atoms with Crippen molar-refractivity contribution in [3.8, 4) is 11.3 Å². The summed E-state index contributed by atoms with van der Waals surface area (Å²) in [5.41, 5.74) is 9.48. The molecule has 1 N–H and O–H groups in total. The summed E-state index contributed by atoms with van der Waals surface area (Å²) in [6.07, 6.45) is 8.00. The number of benzene rings is 1. The second kappa shape index (κ2) is 10.6. The van der Waals surface area contributed by atoms with Gasteiger partial charge in [0, 0.05) is 42.3 Å². The normalized spacial score (nSPS) is 17.2. The first-order chi connectivity index (χ1) is 18.9. The van der Waals surface area contributed by atoms with E-state index in [0.29, 0.717) is 18.4 Å². The molecule has 0 atom stereocenters. The minimum Gasteiger partial charge on any atom is -0.448 e. The van der Waals surface area contributed by atoms with E-state index in [1.165, 1.54) is 46.2 Å². The van der Waals surface area contributed by atoms with Gasteiger partial charge >= 0.3 is 6.09 Å². The summed E-state index contributed by atoms with van der Waals surface area (Å²) < 4.78 is 7.48. The molecule has 0 aliphatic carbocycles. The van der Waals surface area contributed by atoms with Crippen molar-refractivity contribution in [2.75, 3.05) is 39.3 Å². The van der Waals surface area contributed by atoms with Crippen molar-refractivity contribution in [1.29, 1.82) is 0 Å². The number of nitrogens with one attached hydrogen (secondary N) is 1. The number of hydrogen-bond acceptors (Lipinski definition) is 5. The number of rotatable bonds is 6. The van der Waals surface area contributed by atoms with Crippen LogP contribution in [0.15, 0.2) is 30.7 Å². The summed E-state index contributed by atoms with van der Waals surface area (Å²) in [4.78, 5) is 25.1. The van der Waals surface area contributed by atoms with Gasteiger partial charge in [0.25, 0.3) is 0 Å². The van der Waals surface area contributed by atoms with Gasteiger partial charge in [-0.3, -0.25) is 4.90 Å². The minimum atomic E-state index is -0.157. The zero-order valence-electron chi connectivity index (χ0n) is 23.7. The van der Waals surface area contributed by atoms with Gasteiger partial charge in [0.1, 0.15) is 12.9 Å². The fourth-order valence-corrected chi connectivity index (χ4v) is 6.51. The maximum absolute atomic E-state index is 12.6. The molecule has 5 heterocycles. The van der Waals surface area contributed by atoms with Crippen LogP contribution in [0.5, 0.6) is 0 Å². The first-order valence-corrected chi connectivity index (χ1v) is 14.5. The van der Waals surface area contributed by atoms with Crippen LogP contribution in [-0.4, -0.2) is 74.8 Å². The third-order valence-corrected chi connectivity index (χ3v) is 8.89. The lowest BCUT2D eigenvalue weighted by Crippen LogP contribution is -2.39. The van der Waals surface area contributed by atoms with Crippen LogP contribution in [0, 0.1) is 13.8 Å². The van der Waals surface area contributed by atoms with Crippen molar-refractivity contribution in [1.82, 2.24) is 29.4 Å². The van der Waals surface area contributed by atoms with Gasteiger partial charge in [0.2, 0.25) is 0 Å². The molecule has 0 radical (unpaired) electrons. The van der Waals surface area contributed by atoms with Crippen LogP contribution in [-0.2, 0) is 4.74 Å². The summed E-state index contributed by atoms with van der Waals surface area (Å²) in [7, 11) is 0. The Morgan fingerprint density at radius 2 is 1.87 bits per heavy atom. The molecule has 2 aliphatic heterocycles. The van der Waals surface area contributed by atoms with Crippen LogP contribution < -0.4 is 0 Å². The highest BCUT2D eigenvalue weighted by Crippen LogP contribution is 2.40. The predicted octanol–water partition coefficient (Wildman–Crippen LogP) is 6.03. The van der Waals surface area contributed by atoms with Crippen LogP contribution in [0.25, 0.3) is 27.8 Å². The number of hydrogen-bond donors (Lipinski definition) is 1. The van der Waals surface area contributed by atoms with E-state index in [9.17, 15) is 4.79 Å². The Morgan fingerprint density at radius 3 is 2.62 bits per heavy atom. The molecule has 0 spiro atoms. The highest BCUT2D eigenvalue weighted by molar-refractivity contribution is 5.92. The number of fused-ring (bicyclic) bond motifs is 2. The molecule has 0 unspecified atom stereocenters. The molecule has 8 nitrogen and oxygen atoms in total. The van der Waals surface area contributed by atoms with Crippen LogP contribution in [0.1, 0.15) is 73.6 Å². The van der Waals surface area contributed by atoms with E-state index >= 15 is 0 Å². The summed E-state index contributed by atoms with van der Waals surface area (Å²) in [5, 5.41) is 5.70. The van der Waals surface area contributed by atoms with E-state index < -0.39 is 0 Å². The number of piperidine rings is 1. The van der Waals surface area contributed by atoms with Gasteiger partial charge in [-0.15, -0.1) is 0 Å². The number of ether oxygens (including phenoxy) is 1. The van der Waals surface area contributed by atoms with Crippen LogP contribution >= 0.6 is 0 Å². The molecule has 8 heteroatoms. The summed E-state index contributed by atoms with van der Waals surface area (Å²) >= 11 is 0. The van der Waals surface area contributed by atoms with E-state index in [2.05, 4.69) is 72.1 Å². The maximum atomic E-state index is 12.6. The van der Waals surface area contributed by atoms with Gasteiger partial charge in [-0.25, -0.2) is 14.3 Å². The van der Waals surface area contributed by atoms with Gasteiger partial charge < -0.3 is 14.6 Å². The number of amides is 1. The number of carbonyl (C=O) groups excluding carboxylic acids is 1. The van der Waals surface area contributed by atoms with E-state index in [0.717, 1.165) is 62.3 Å². The lowest BCUT2D eigenvalue weighted by molar-refractivity contribution is 0.0849. The summed E-state index contributed by atoms with van der Waals surface area (Å²) in [6.45, 7) is 13.9. The van der Waals surface area contributed by atoms with Crippen molar-refractivity contribution < 1.29 is 9.53 Å². The Labute approximate surface area is 230 Å². The van der Waals surface area contributed by atoms with Gasteiger partial charge in [-0.1, -0.05) is 19.9 Å². The second-order valence-corrected chi connectivity index (χ2v) is 11.6. The Morgan fingerprint density at radius 1 is 1.10 bits per heavy atom. The van der Waals surface area contributed by atoms with Crippen LogP contribution in [0.4, 0.5) is 4.79 Å². The van der Waals surface area contributed by atoms with Crippen molar-refractivity contribution >= 4 is 22.6 Å². The third kappa shape index (κ3) is 4.91. The number of aromatic amines is 1. The smallest absolute Gasteiger partial charge is 0.409 e. The quantitative estimate of drug-likeness (QED) is 0.331. The number of likely N-dealkylation sites (tertiary alicyclic amines) is 2. The van der Waals surface area contributed by atoms with Gasteiger partial charge in [-0.2, -0.15) is 5.10 Å². The number of nitrogens with zero attached hydrogens (tertiary/aromatic N) is 5. The number of pyridine rings is 1. The fraction of sp³-hybridized carbons (Fsp3) is 0.516. The van der Waals surface area contributed by atoms with Crippen molar-refractivity contribution in [3.05, 3.63) is 53.0 Å². The van der Waals surface area contributed by atoms with Crippen LogP contribution in [0.3, 0.4) is 0 Å². The van der Waals surface area contributed by atoms with Crippen molar-refractivity contribution in [2.24, 2.45) is 0 Å². The molecule has 3 aromatic heterocycles. The molecule has 2 fully saturated rings. The largest absolute Gasteiger partial charge is 0.448 e. The number of carbonyl (C=O) groups is 1. The molecular formula is C31H40N6O2. The van der Waals surface area contributed by atoms with E-state index in [4.69, 9.17) is 4.74 Å². The third-order valence-electron chi connectivity index (χ3n) is 8.89. The summed E-state index contributed by atoms with van der Waals surface area (Å²) in [6, 6.07) is 6.88. The van der Waals surface area contributed by atoms with Crippen LogP contribution in [0.2, 0.25) is 0 Å². The SMILES string of the molecule is Cc1c(-c2[nH]c3ccc(C4CCN(C(=O)OCCN5CCCC5)CC4)cc3c2C(C)C)cn2ncnc2c1C. The highest BCUT2D eigenvalue weighted by Gasteiger charge is 2.26. The Hall–Kier alpha value is -3.39. The molecule has 1 amide bonds. The first-order valence-electron chi connectivity index (χ1n) is 14.5. The lowest BCUT2D eigenvalue weighted by atomic mass is 9.87. The molecule has 39 heavy (non-hydrogen) atoms. The van der Waals surface area contributed by atoms with E-state index in [1.807, 2.05) is 9.42 Å². The van der Waals surface area contributed by atoms with E-state index in [1.54, 1.807) is 6.33 Å². The van der Waals surface area contributed by atoms with Gasteiger partial charge in [-0.05, 0) is 98.8 Å². The molecule has 1 aromatic carbocycles. The number of aryl methyl sites for hydroxylation is 1. The molecule has 0 bridgehead atoms. The molecule has 2 aliphatic rings. The Kier molecular flexibility index (Phi) is 7.06. The summed E-state index contributed by atoms with van der Waals surface area (Å²) in [5.74, 6) is 0.796. The maximum Gasteiger partial charge on any atom is 0.409 e. The lowest BCUT2D eigenvalue weighted by Gasteiger charge is -2.31. The topological polar surface area (TPSA) is 78.8 Å². The Balaban J connectivity index is 1.20. The van der Waals surface area contributed by atoms with Crippen molar-refractivity contribution in [2.45, 2.75) is 65.2 Å². The van der Waals surface area contributed by atoms with Gasteiger partial charge in [0.15, 0.2) is 5.65 Å². The zero-order chi connectivity index (χ0) is 27.1. The minimum absolute atomic E-state index is 0.157. The van der Waals surface area contributed by atoms with Gasteiger partial charge in [0.05, 0.1) is 5.69 Å². The first kappa shape index (κ1) is 25.9. The standard InChI is InChI=1S/C31H40N6O2/c1-20(2)28-25-17-24(23-9-13-36(14-10-23)31(38)39-16-15-35-11-5-6-12-35)7-8-27(25)34-29(28)26-18-37-30(32-19-33-37)22(4)21(26)3/h7-8,17-20,23,34H,5-6,9-16H2,1-4H3. The molecular weight excluding hydrogens is 488 g/mol. The highest BCUT2D eigenvalue weighted by atomic mass is 16.6. The Bertz CT molecular complexity index is 1490. The van der Waals surface area contributed by atoms with E-state index in [-0.39, 0.29) is 6.09 Å². The molecule has 206 valence electrons. The van der Waals surface area contributed by atoms with Crippen molar-refractivity contribution in [3.63, 3.8) is 0 Å². The number of H-pyrrole nitrogens is 1. The fourth-order valence-electron chi connectivity index (χ4n) is 6.51. The molecule has 6 rings (SSSR count). The predicted molar refractivity (Wildman–Crippen MR) is 154 cm³/mol. The average Bonchev–Trinajstić information content (AvgIpc) is 3.70. The zero-order valence-corrected chi connectivity index (χ0v) is 23.7. The number of aromatic nitrogens is 4. The molecule has 0 saturated carbocycles. The molecule has 2 saturated heterocycles.